The van der Waals surface area contributed by atoms with Crippen LogP contribution < -0.4 is 4.90 Å². The molecule has 102 valence electrons. The van der Waals surface area contributed by atoms with E-state index in [2.05, 4.69) is 36.9 Å². The fraction of sp³-hybridized carbons (Fsp3) is 0.588. The number of benzene rings is 1. The van der Waals surface area contributed by atoms with Crippen molar-refractivity contribution >= 4 is 11.6 Å². The highest BCUT2D eigenvalue weighted by Gasteiger charge is 2.43. The van der Waals surface area contributed by atoms with Crippen molar-refractivity contribution < 1.29 is 4.79 Å². The molecule has 1 unspecified atom stereocenters. The lowest BCUT2D eigenvalue weighted by molar-refractivity contribution is -0.117. The zero-order chi connectivity index (χ0) is 13.6. The first-order valence-electron chi connectivity index (χ1n) is 7.53. The normalized spacial score (nSPS) is 26.2. The largest absolute Gasteiger partial charge is 0.309 e. The summed E-state index contributed by atoms with van der Waals surface area (Å²) < 4.78 is 0. The first-order chi connectivity index (χ1) is 9.11. The van der Waals surface area contributed by atoms with Gasteiger partial charge in [-0.3, -0.25) is 4.79 Å². The predicted octanol–water partition coefficient (Wildman–Crippen LogP) is 3.57. The highest BCUT2D eigenvalue weighted by molar-refractivity contribution is 5.93. The quantitative estimate of drug-likeness (QED) is 0.793. The molecule has 1 saturated carbocycles. The Morgan fingerprint density at radius 3 is 2.68 bits per heavy atom. The van der Waals surface area contributed by atoms with Gasteiger partial charge >= 0.3 is 0 Å². The van der Waals surface area contributed by atoms with Crippen LogP contribution in [0.15, 0.2) is 18.2 Å². The van der Waals surface area contributed by atoms with Gasteiger partial charge < -0.3 is 4.90 Å². The number of rotatable bonds is 2. The highest BCUT2D eigenvalue weighted by atomic mass is 16.2. The molecule has 0 aromatic heterocycles. The minimum atomic E-state index is 0.203. The highest BCUT2D eigenvalue weighted by Crippen LogP contribution is 2.45. The lowest BCUT2D eigenvalue weighted by atomic mass is 9.83. The van der Waals surface area contributed by atoms with Gasteiger partial charge in [0.05, 0.1) is 0 Å². The second-order valence-corrected chi connectivity index (χ2v) is 6.22. The number of carbonyl (C=O) groups is 1. The maximum absolute atomic E-state index is 12.1. The summed E-state index contributed by atoms with van der Waals surface area (Å²) in [6, 6.07) is 7.06. The van der Waals surface area contributed by atoms with Crippen LogP contribution in [0.5, 0.6) is 0 Å². The Morgan fingerprint density at radius 1 is 1.37 bits per heavy atom. The number of nitrogens with zero attached hydrogens (tertiary/aromatic N) is 1. The molecule has 0 radical (unpaired) electrons. The summed E-state index contributed by atoms with van der Waals surface area (Å²) in [6.45, 7) is 6.20. The van der Waals surface area contributed by atoms with Crippen LogP contribution in [0.4, 0.5) is 5.69 Å². The van der Waals surface area contributed by atoms with E-state index in [1.54, 1.807) is 6.92 Å². The zero-order valence-electron chi connectivity index (χ0n) is 12.1. The number of hydrogen-bond acceptors (Lipinski definition) is 1. The van der Waals surface area contributed by atoms with Crippen molar-refractivity contribution in [3.63, 3.8) is 0 Å². The van der Waals surface area contributed by atoms with E-state index in [1.807, 2.05) is 0 Å². The topological polar surface area (TPSA) is 20.3 Å². The van der Waals surface area contributed by atoms with E-state index in [4.69, 9.17) is 0 Å². The maximum Gasteiger partial charge on any atom is 0.224 e. The number of aryl methyl sites for hydroxylation is 1. The van der Waals surface area contributed by atoms with Crippen molar-refractivity contribution in [1.82, 2.24) is 0 Å². The van der Waals surface area contributed by atoms with Crippen molar-refractivity contribution in [2.75, 3.05) is 4.90 Å². The third-order valence-electron chi connectivity index (χ3n) is 4.68. The van der Waals surface area contributed by atoms with E-state index in [-0.39, 0.29) is 5.91 Å². The van der Waals surface area contributed by atoms with Crippen molar-refractivity contribution in [2.45, 2.75) is 52.5 Å². The number of anilines is 1. The minimum absolute atomic E-state index is 0.203. The van der Waals surface area contributed by atoms with Gasteiger partial charge in [-0.1, -0.05) is 26.0 Å². The van der Waals surface area contributed by atoms with Crippen LogP contribution in [0.25, 0.3) is 0 Å². The second kappa shape index (κ2) is 4.66. The van der Waals surface area contributed by atoms with Crippen LogP contribution in [-0.4, -0.2) is 11.9 Å². The molecule has 2 heteroatoms. The maximum atomic E-state index is 12.1. The van der Waals surface area contributed by atoms with Crippen molar-refractivity contribution in [3.05, 3.63) is 29.3 Å². The van der Waals surface area contributed by atoms with E-state index in [9.17, 15) is 4.79 Å². The van der Waals surface area contributed by atoms with Crippen molar-refractivity contribution in [3.8, 4) is 0 Å². The molecule has 0 bridgehead atoms. The smallest absolute Gasteiger partial charge is 0.224 e. The monoisotopic (exact) mass is 257 g/mol. The van der Waals surface area contributed by atoms with Gasteiger partial charge in [0.1, 0.15) is 0 Å². The third-order valence-corrected chi connectivity index (χ3v) is 4.68. The predicted molar refractivity (Wildman–Crippen MR) is 78.4 cm³/mol. The number of hydrogen-bond donors (Lipinski definition) is 0. The molecule has 1 aliphatic carbocycles. The van der Waals surface area contributed by atoms with Crippen LogP contribution in [0.2, 0.25) is 0 Å². The Morgan fingerprint density at radius 2 is 2.11 bits per heavy atom. The molecule has 0 spiro atoms. The molecule has 1 aromatic rings. The third kappa shape index (κ3) is 2.18. The molecular weight excluding hydrogens is 234 g/mol. The summed E-state index contributed by atoms with van der Waals surface area (Å²) in [7, 11) is 0. The van der Waals surface area contributed by atoms with Crippen LogP contribution >= 0.6 is 0 Å². The van der Waals surface area contributed by atoms with Gasteiger partial charge in [0.25, 0.3) is 0 Å². The lowest BCUT2D eigenvalue weighted by Gasteiger charge is -2.41. The summed E-state index contributed by atoms with van der Waals surface area (Å²) in [5, 5.41) is 0. The number of carbonyl (C=O) groups excluding carboxylic acids is 1. The molecule has 2 aliphatic rings. The molecule has 19 heavy (non-hydrogen) atoms. The Kier molecular flexibility index (Phi) is 3.12. The molecule has 1 fully saturated rings. The van der Waals surface area contributed by atoms with Gasteiger partial charge in [0.15, 0.2) is 0 Å². The van der Waals surface area contributed by atoms with Crippen molar-refractivity contribution in [1.29, 1.82) is 0 Å². The van der Waals surface area contributed by atoms with Gasteiger partial charge in [-0.25, -0.2) is 0 Å². The Balaban J connectivity index is 2.04. The first-order valence-corrected chi connectivity index (χ1v) is 7.53. The van der Waals surface area contributed by atoms with Crippen LogP contribution in [0.3, 0.4) is 0 Å². The van der Waals surface area contributed by atoms with E-state index < -0.39 is 0 Å². The van der Waals surface area contributed by atoms with E-state index in [1.165, 1.54) is 29.7 Å². The molecule has 3 rings (SSSR count). The molecular formula is C17H23NO. The van der Waals surface area contributed by atoms with Gasteiger partial charge in [-0.05, 0) is 54.7 Å². The van der Waals surface area contributed by atoms with E-state index in [0.717, 1.165) is 18.8 Å². The second-order valence-electron chi connectivity index (χ2n) is 6.22. The van der Waals surface area contributed by atoms with E-state index in [0.29, 0.717) is 12.0 Å². The Bertz CT molecular complexity index is 504. The summed E-state index contributed by atoms with van der Waals surface area (Å²) in [4.78, 5) is 14.2. The summed E-state index contributed by atoms with van der Waals surface area (Å²) in [5.74, 6) is 1.52. The molecule has 1 aromatic carbocycles. The van der Waals surface area contributed by atoms with Gasteiger partial charge in [-0.15, -0.1) is 0 Å². The first kappa shape index (κ1) is 12.7. The Hall–Kier alpha value is -1.31. The SMILES string of the molecule is CCc1ccc2c(c1)CC(C)[C@H](C1CC1)N2C(C)=O. The zero-order valence-corrected chi connectivity index (χ0v) is 12.1. The van der Waals surface area contributed by atoms with E-state index >= 15 is 0 Å². The molecule has 2 atom stereocenters. The molecule has 2 nitrogen and oxygen atoms in total. The molecule has 1 heterocycles. The molecule has 1 aliphatic heterocycles. The number of fused-ring (bicyclic) bond motifs is 1. The summed E-state index contributed by atoms with van der Waals surface area (Å²) in [6.07, 6.45) is 4.77. The van der Waals surface area contributed by atoms with Crippen molar-refractivity contribution in [2.24, 2.45) is 11.8 Å². The van der Waals surface area contributed by atoms with Crippen LogP contribution in [0, 0.1) is 11.8 Å². The number of amides is 1. The van der Waals surface area contributed by atoms with Crippen LogP contribution in [-0.2, 0) is 17.6 Å². The van der Waals surface area contributed by atoms with Gasteiger partial charge in [0, 0.05) is 18.7 Å². The average molecular weight is 257 g/mol. The van der Waals surface area contributed by atoms with Gasteiger partial charge in [0.2, 0.25) is 5.91 Å². The average Bonchev–Trinajstić information content (AvgIpc) is 3.20. The fourth-order valence-electron chi connectivity index (χ4n) is 3.63. The van der Waals surface area contributed by atoms with Crippen LogP contribution in [0.1, 0.15) is 44.7 Å². The molecule has 0 N–H and O–H groups in total. The van der Waals surface area contributed by atoms with Gasteiger partial charge in [-0.2, -0.15) is 0 Å². The fourth-order valence-corrected chi connectivity index (χ4v) is 3.63. The summed E-state index contributed by atoms with van der Waals surface area (Å²) >= 11 is 0. The Labute approximate surface area is 115 Å². The summed E-state index contributed by atoms with van der Waals surface area (Å²) in [5.41, 5.74) is 3.90. The standard InChI is InChI=1S/C17H23NO/c1-4-13-5-8-16-15(10-13)9-11(2)17(14-6-7-14)18(16)12(3)19/h5,8,10-11,14,17H,4,6-7,9H2,1-3H3/t11?,17-/m1/s1. The minimum Gasteiger partial charge on any atom is -0.309 e. The molecule has 0 saturated heterocycles. The lowest BCUT2D eigenvalue weighted by Crippen LogP contribution is -2.48. The molecule has 1 amide bonds.